The van der Waals surface area contributed by atoms with Gasteiger partial charge in [-0.2, -0.15) is 0 Å². The van der Waals surface area contributed by atoms with Crippen LogP contribution in [0.4, 0.5) is 10.5 Å². The fourth-order valence-corrected chi connectivity index (χ4v) is 2.45. The van der Waals surface area contributed by atoms with Gasteiger partial charge in [0, 0.05) is 10.7 Å². The van der Waals surface area contributed by atoms with Gasteiger partial charge in [-0.05, 0) is 36.8 Å². The smallest absolute Gasteiger partial charge is 0.312 e. The predicted octanol–water partition coefficient (Wildman–Crippen LogP) is 2.93. The summed E-state index contributed by atoms with van der Waals surface area (Å²) in [5.41, 5.74) is 7.47. The number of urea groups is 1. The summed E-state index contributed by atoms with van der Waals surface area (Å²) in [6, 6.07) is 12.3. The first kappa shape index (κ1) is 20.3. The van der Waals surface area contributed by atoms with E-state index in [0.717, 1.165) is 5.56 Å². The van der Waals surface area contributed by atoms with Crippen LogP contribution < -0.4 is 16.4 Å². The van der Waals surface area contributed by atoms with Crippen molar-refractivity contribution in [3.05, 3.63) is 64.7 Å². The van der Waals surface area contributed by atoms with Crippen molar-refractivity contribution in [2.75, 3.05) is 11.9 Å². The Kier molecular flexibility index (Phi) is 7.19. The van der Waals surface area contributed by atoms with Crippen molar-refractivity contribution < 1.29 is 19.1 Å². The van der Waals surface area contributed by atoms with Crippen molar-refractivity contribution in [3.63, 3.8) is 0 Å². The van der Waals surface area contributed by atoms with Gasteiger partial charge >= 0.3 is 12.0 Å². The fourth-order valence-electron chi connectivity index (χ4n) is 2.32. The van der Waals surface area contributed by atoms with E-state index in [0.29, 0.717) is 16.3 Å². The lowest BCUT2D eigenvalue weighted by Crippen LogP contribution is -2.35. The second kappa shape index (κ2) is 9.59. The van der Waals surface area contributed by atoms with E-state index < -0.39 is 30.6 Å². The molecule has 1 atom stereocenters. The summed E-state index contributed by atoms with van der Waals surface area (Å²) in [5.74, 6) is -1.11. The molecule has 0 saturated carbocycles. The third-order valence-corrected chi connectivity index (χ3v) is 3.91. The summed E-state index contributed by atoms with van der Waals surface area (Å²) in [6.07, 6.45) is -0.178. The van der Waals surface area contributed by atoms with Crippen LogP contribution in [-0.4, -0.2) is 24.5 Å². The lowest BCUT2D eigenvalue weighted by atomic mass is 10.0. The molecule has 2 rings (SSSR count). The topological polar surface area (TPSA) is 111 Å². The molecule has 0 aliphatic heterocycles. The summed E-state index contributed by atoms with van der Waals surface area (Å²) >= 11 is 5.84. The first-order valence-electron chi connectivity index (χ1n) is 8.17. The van der Waals surface area contributed by atoms with Crippen LogP contribution in [0.3, 0.4) is 0 Å². The molecule has 0 fully saturated rings. The average Bonchev–Trinajstić information content (AvgIpc) is 2.62. The second-order valence-corrected chi connectivity index (χ2v) is 6.33. The van der Waals surface area contributed by atoms with Gasteiger partial charge in [-0.25, -0.2) is 4.79 Å². The number of ether oxygens (including phenoxy) is 1. The Morgan fingerprint density at radius 3 is 2.30 bits per heavy atom. The largest absolute Gasteiger partial charge is 0.455 e. The molecule has 4 N–H and O–H groups in total. The number of carbonyl (C=O) groups excluding carboxylic acids is 3. The molecule has 0 saturated heterocycles. The van der Waals surface area contributed by atoms with Crippen LogP contribution in [-0.2, 0) is 14.3 Å². The van der Waals surface area contributed by atoms with Crippen LogP contribution in [0.25, 0.3) is 0 Å². The Morgan fingerprint density at radius 2 is 1.70 bits per heavy atom. The van der Waals surface area contributed by atoms with E-state index in [1.807, 2.05) is 19.1 Å². The minimum Gasteiger partial charge on any atom is -0.455 e. The van der Waals surface area contributed by atoms with Gasteiger partial charge in [-0.3, -0.25) is 9.59 Å². The molecule has 0 heterocycles. The van der Waals surface area contributed by atoms with Crippen molar-refractivity contribution in [1.82, 2.24) is 5.32 Å². The minimum atomic E-state index is -0.778. The molecular formula is C19H20ClN3O4. The number of anilines is 1. The Morgan fingerprint density at radius 1 is 1.07 bits per heavy atom. The molecule has 2 aromatic rings. The van der Waals surface area contributed by atoms with E-state index in [4.69, 9.17) is 22.1 Å². The van der Waals surface area contributed by atoms with Gasteiger partial charge in [0.15, 0.2) is 6.61 Å². The number of hydrogen-bond acceptors (Lipinski definition) is 4. The maximum Gasteiger partial charge on any atom is 0.312 e. The van der Waals surface area contributed by atoms with Gasteiger partial charge in [0.05, 0.1) is 12.5 Å². The summed E-state index contributed by atoms with van der Waals surface area (Å²) in [5, 5.41) is 5.62. The summed E-state index contributed by atoms with van der Waals surface area (Å²) in [6.45, 7) is 1.50. The third-order valence-electron chi connectivity index (χ3n) is 3.66. The quantitative estimate of drug-likeness (QED) is 0.632. The van der Waals surface area contributed by atoms with Gasteiger partial charge < -0.3 is 21.1 Å². The van der Waals surface area contributed by atoms with Crippen molar-refractivity contribution in [2.45, 2.75) is 19.4 Å². The van der Waals surface area contributed by atoms with E-state index in [1.165, 1.54) is 0 Å². The van der Waals surface area contributed by atoms with Crippen LogP contribution >= 0.6 is 11.6 Å². The second-order valence-electron chi connectivity index (χ2n) is 5.89. The highest BCUT2D eigenvalue weighted by atomic mass is 35.5. The minimum absolute atomic E-state index is 0.178. The molecule has 0 aromatic heterocycles. The number of amides is 3. The number of rotatable bonds is 7. The molecule has 142 valence electrons. The number of hydrogen-bond donors (Lipinski definition) is 3. The van der Waals surface area contributed by atoms with Crippen molar-refractivity contribution >= 4 is 35.2 Å². The molecule has 0 radical (unpaired) electrons. The van der Waals surface area contributed by atoms with Crippen molar-refractivity contribution in [1.29, 1.82) is 0 Å². The fraction of sp³-hybridized carbons (Fsp3) is 0.211. The average molecular weight is 390 g/mol. The number of primary amides is 1. The van der Waals surface area contributed by atoms with E-state index in [9.17, 15) is 14.4 Å². The number of nitrogens with one attached hydrogen (secondary N) is 2. The first-order chi connectivity index (χ1) is 12.8. The van der Waals surface area contributed by atoms with Gasteiger partial charge in [0.25, 0.3) is 5.91 Å². The zero-order valence-corrected chi connectivity index (χ0v) is 15.5. The number of halogens is 1. The maximum absolute atomic E-state index is 12.1. The molecule has 27 heavy (non-hydrogen) atoms. The highest BCUT2D eigenvalue weighted by Crippen LogP contribution is 2.20. The lowest BCUT2D eigenvalue weighted by molar-refractivity contribution is -0.147. The normalized spacial score (nSPS) is 11.3. The van der Waals surface area contributed by atoms with Crippen LogP contribution in [0.15, 0.2) is 48.5 Å². The van der Waals surface area contributed by atoms with Gasteiger partial charge in [-0.15, -0.1) is 0 Å². The number of aryl methyl sites for hydroxylation is 1. The molecule has 2 aromatic carbocycles. The molecule has 8 heteroatoms. The number of benzene rings is 2. The SMILES string of the molecule is Cc1ccc(NC(=O)COC(=O)C[C@H](NC(N)=O)c2ccc(Cl)cc2)cc1. The Labute approximate surface area is 161 Å². The molecule has 0 bridgehead atoms. The molecule has 0 aliphatic carbocycles. The Hall–Kier alpha value is -3.06. The zero-order chi connectivity index (χ0) is 19.8. The number of esters is 1. The first-order valence-corrected chi connectivity index (χ1v) is 8.55. The van der Waals surface area contributed by atoms with Gasteiger partial charge in [0.1, 0.15) is 0 Å². The third kappa shape index (κ3) is 6.99. The lowest BCUT2D eigenvalue weighted by Gasteiger charge is -2.17. The zero-order valence-electron chi connectivity index (χ0n) is 14.7. The van der Waals surface area contributed by atoms with E-state index in [2.05, 4.69) is 10.6 Å². The maximum atomic E-state index is 12.1. The van der Waals surface area contributed by atoms with Crippen LogP contribution in [0.2, 0.25) is 5.02 Å². The molecule has 0 unspecified atom stereocenters. The summed E-state index contributed by atoms with van der Waals surface area (Å²) in [4.78, 5) is 35.1. The highest BCUT2D eigenvalue weighted by Gasteiger charge is 2.19. The van der Waals surface area contributed by atoms with Gasteiger partial charge in [-0.1, -0.05) is 41.4 Å². The van der Waals surface area contributed by atoms with Crippen LogP contribution in [0.5, 0.6) is 0 Å². The monoisotopic (exact) mass is 389 g/mol. The Balaban J connectivity index is 1.89. The highest BCUT2D eigenvalue weighted by molar-refractivity contribution is 6.30. The molecule has 3 amide bonds. The van der Waals surface area contributed by atoms with Crippen molar-refractivity contribution in [3.8, 4) is 0 Å². The molecular weight excluding hydrogens is 370 g/mol. The molecule has 0 spiro atoms. The van der Waals surface area contributed by atoms with E-state index in [-0.39, 0.29) is 6.42 Å². The number of carbonyl (C=O) groups is 3. The summed E-state index contributed by atoms with van der Waals surface area (Å²) < 4.78 is 4.99. The van der Waals surface area contributed by atoms with E-state index >= 15 is 0 Å². The standard InChI is InChI=1S/C19H20ClN3O4/c1-12-2-8-15(9-3-12)22-17(24)11-27-18(25)10-16(23-19(21)26)13-4-6-14(20)7-5-13/h2-9,16H,10-11H2,1H3,(H,22,24)(H3,21,23,26)/t16-/m0/s1. The predicted molar refractivity (Wildman–Crippen MR) is 102 cm³/mol. The number of nitrogens with two attached hydrogens (primary N) is 1. The Bertz CT molecular complexity index is 807. The van der Waals surface area contributed by atoms with Crippen LogP contribution in [0, 0.1) is 6.92 Å². The van der Waals surface area contributed by atoms with E-state index in [1.54, 1.807) is 36.4 Å². The molecule has 7 nitrogen and oxygen atoms in total. The summed E-state index contributed by atoms with van der Waals surface area (Å²) in [7, 11) is 0. The van der Waals surface area contributed by atoms with Gasteiger partial charge in [0.2, 0.25) is 0 Å². The molecule has 0 aliphatic rings. The van der Waals surface area contributed by atoms with Crippen LogP contribution in [0.1, 0.15) is 23.6 Å². The van der Waals surface area contributed by atoms with Crippen molar-refractivity contribution in [2.24, 2.45) is 5.73 Å².